The zero-order valence-electron chi connectivity index (χ0n) is 10.3. The predicted molar refractivity (Wildman–Crippen MR) is 65.7 cm³/mol. The number of carbonyl (C=O) groups is 2. The fraction of sp³-hybridized carbons (Fsp3) is 0.333. The molecule has 0 spiro atoms. The average molecular weight is 252 g/mol. The van der Waals surface area contributed by atoms with Gasteiger partial charge in [0, 0.05) is 12.6 Å². The molecule has 0 aliphatic carbocycles. The molecule has 0 heterocycles. The van der Waals surface area contributed by atoms with Gasteiger partial charge in [0.2, 0.25) is 5.91 Å². The lowest BCUT2D eigenvalue weighted by atomic mass is 10.1. The molecule has 1 amide bonds. The van der Waals surface area contributed by atoms with E-state index < -0.39 is 5.97 Å². The normalized spacial score (nSPS) is 10.1. The summed E-state index contributed by atoms with van der Waals surface area (Å²) in [6, 6.07) is 4.36. The van der Waals surface area contributed by atoms with Crippen LogP contribution in [-0.4, -0.2) is 28.7 Å². The summed E-state index contributed by atoms with van der Waals surface area (Å²) >= 11 is 0. The van der Waals surface area contributed by atoms with Crippen LogP contribution in [0.2, 0.25) is 0 Å². The number of carboxylic acid groups (broad SMARTS) is 1. The van der Waals surface area contributed by atoms with E-state index in [4.69, 9.17) is 15.7 Å². The zero-order valence-corrected chi connectivity index (χ0v) is 10.3. The number of carboxylic acids is 1. The molecule has 0 aliphatic heterocycles. The minimum Gasteiger partial charge on any atom is -0.478 e. The summed E-state index contributed by atoms with van der Waals surface area (Å²) in [5.41, 5.74) is 6.83. The van der Waals surface area contributed by atoms with Gasteiger partial charge in [-0.05, 0) is 30.7 Å². The molecule has 98 valence electrons. The second kappa shape index (κ2) is 6.02. The van der Waals surface area contributed by atoms with Gasteiger partial charge in [0.15, 0.2) is 0 Å². The molecule has 18 heavy (non-hydrogen) atoms. The lowest BCUT2D eigenvalue weighted by molar-refractivity contribution is -0.186. The molecule has 6 heteroatoms. The van der Waals surface area contributed by atoms with E-state index in [1.54, 1.807) is 6.92 Å². The fourth-order valence-electron chi connectivity index (χ4n) is 1.43. The van der Waals surface area contributed by atoms with E-state index in [2.05, 4.69) is 0 Å². The van der Waals surface area contributed by atoms with Gasteiger partial charge < -0.3 is 10.8 Å². The number of hydroxylamine groups is 2. The maximum atomic E-state index is 11.3. The molecule has 1 aromatic rings. The minimum atomic E-state index is -1.04. The first-order valence-electron chi connectivity index (χ1n) is 5.48. The lowest BCUT2D eigenvalue weighted by Crippen LogP contribution is -2.28. The van der Waals surface area contributed by atoms with Gasteiger partial charge in [-0.25, -0.2) is 9.86 Å². The summed E-state index contributed by atoms with van der Waals surface area (Å²) in [5.74, 6) is -1.31. The highest BCUT2D eigenvalue weighted by Crippen LogP contribution is 2.17. The largest absolute Gasteiger partial charge is 0.478 e. The summed E-state index contributed by atoms with van der Waals surface area (Å²) in [6.07, 6.45) is 0. The maximum absolute atomic E-state index is 11.3. The van der Waals surface area contributed by atoms with Crippen LogP contribution >= 0.6 is 0 Å². The van der Waals surface area contributed by atoms with Gasteiger partial charge in [-0.3, -0.25) is 9.63 Å². The van der Waals surface area contributed by atoms with Crippen molar-refractivity contribution in [1.29, 1.82) is 0 Å². The molecule has 3 N–H and O–H groups in total. The number of carbonyl (C=O) groups excluding carboxylic acids is 1. The van der Waals surface area contributed by atoms with Crippen molar-refractivity contribution in [3.8, 4) is 0 Å². The monoisotopic (exact) mass is 252 g/mol. The third-order valence-corrected chi connectivity index (χ3v) is 2.34. The Balaban J connectivity index is 2.97. The number of benzene rings is 1. The Morgan fingerprint density at radius 3 is 2.61 bits per heavy atom. The van der Waals surface area contributed by atoms with Crippen molar-refractivity contribution < 1.29 is 19.5 Å². The van der Waals surface area contributed by atoms with Crippen LogP contribution in [0.25, 0.3) is 0 Å². The molecule has 6 nitrogen and oxygen atoms in total. The Labute approximate surface area is 105 Å². The Morgan fingerprint density at radius 1 is 1.44 bits per heavy atom. The number of hydrogen-bond donors (Lipinski definition) is 2. The van der Waals surface area contributed by atoms with Crippen molar-refractivity contribution in [2.45, 2.75) is 20.4 Å². The maximum Gasteiger partial charge on any atom is 0.335 e. The van der Waals surface area contributed by atoms with E-state index in [1.807, 2.05) is 0 Å². The van der Waals surface area contributed by atoms with E-state index >= 15 is 0 Å². The van der Waals surface area contributed by atoms with Crippen molar-refractivity contribution in [1.82, 2.24) is 5.06 Å². The molecule has 0 aromatic heterocycles. The molecule has 1 aromatic carbocycles. The van der Waals surface area contributed by atoms with Crippen LogP contribution in [0.5, 0.6) is 0 Å². The van der Waals surface area contributed by atoms with Crippen molar-refractivity contribution in [2.24, 2.45) is 0 Å². The summed E-state index contributed by atoms with van der Waals surface area (Å²) in [5, 5.41) is 10.0. The van der Waals surface area contributed by atoms with Crippen LogP contribution in [0.3, 0.4) is 0 Å². The van der Waals surface area contributed by atoms with Crippen molar-refractivity contribution in [3.05, 3.63) is 29.3 Å². The number of amides is 1. The van der Waals surface area contributed by atoms with Crippen LogP contribution in [0.15, 0.2) is 18.2 Å². The zero-order chi connectivity index (χ0) is 13.7. The van der Waals surface area contributed by atoms with Crippen molar-refractivity contribution >= 4 is 17.6 Å². The minimum absolute atomic E-state index is 0.121. The number of nitrogens with zero attached hydrogens (tertiary/aromatic N) is 1. The number of rotatable bonds is 5. The summed E-state index contributed by atoms with van der Waals surface area (Å²) in [4.78, 5) is 27.3. The van der Waals surface area contributed by atoms with Crippen LogP contribution in [0, 0.1) is 0 Å². The van der Waals surface area contributed by atoms with Crippen LogP contribution < -0.4 is 5.73 Å². The second-order valence-electron chi connectivity index (χ2n) is 3.69. The highest BCUT2D eigenvalue weighted by Gasteiger charge is 2.13. The van der Waals surface area contributed by atoms with E-state index in [1.165, 1.54) is 25.1 Å². The lowest BCUT2D eigenvalue weighted by Gasteiger charge is -2.20. The molecule has 0 saturated heterocycles. The molecule has 0 unspecified atom stereocenters. The van der Waals surface area contributed by atoms with Gasteiger partial charge in [-0.1, -0.05) is 0 Å². The molecule has 0 saturated carbocycles. The van der Waals surface area contributed by atoms with E-state index in [-0.39, 0.29) is 18.0 Å². The third kappa shape index (κ3) is 3.46. The SMILES string of the molecule is CCON(Cc1cc(C(=O)O)ccc1N)C(C)=O. The quantitative estimate of drug-likeness (QED) is 0.608. The first-order chi connectivity index (χ1) is 8.45. The van der Waals surface area contributed by atoms with E-state index in [9.17, 15) is 9.59 Å². The van der Waals surface area contributed by atoms with Gasteiger partial charge in [0.1, 0.15) is 0 Å². The first kappa shape index (κ1) is 14.0. The Bertz CT molecular complexity index is 459. The molecular weight excluding hydrogens is 236 g/mol. The van der Waals surface area contributed by atoms with Gasteiger partial charge in [0.25, 0.3) is 0 Å². The van der Waals surface area contributed by atoms with Crippen molar-refractivity contribution in [2.75, 3.05) is 12.3 Å². The van der Waals surface area contributed by atoms with Crippen LogP contribution in [0.1, 0.15) is 29.8 Å². The molecular formula is C12H16N2O4. The van der Waals surface area contributed by atoms with Gasteiger partial charge >= 0.3 is 5.97 Å². The van der Waals surface area contributed by atoms with Gasteiger partial charge in [-0.15, -0.1) is 0 Å². The van der Waals surface area contributed by atoms with E-state index in [0.717, 1.165) is 5.06 Å². The average Bonchev–Trinajstić information content (AvgIpc) is 2.30. The number of aromatic carboxylic acids is 1. The molecule has 0 bridgehead atoms. The van der Waals surface area contributed by atoms with Crippen LogP contribution in [0.4, 0.5) is 5.69 Å². The standard InChI is InChI=1S/C12H16N2O4/c1-3-18-14(8(2)15)7-10-6-9(12(16)17)4-5-11(10)13/h4-6H,3,7,13H2,1-2H3,(H,16,17). The summed E-state index contributed by atoms with van der Waals surface area (Å²) in [7, 11) is 0. The first-order valence-corrected chi connectivity index (χ1v) is 5.48. The number of anilines is 1. The highest BCUT2D eigenvalue weighted by atomic mass is 16.7. The number of nitrogen functional groups attached to an aromatic ring is 1. The van der Waals surface area contributed by atoms with Crippen LogP contribution in [-0.2, 0) is 16.2 Å². The van der Waals surface area contributed by atoms with Gasteiger partial charge in [0.05, 0.1) is 18.7 Å². The second-order valence-corrected chi connectivity index (χ2v) is 3.69. The fourth-order valence-corrected chi connectivity index (χ4v) is 1.43. The Morgan fingerprint density at radius 2 is 2.11 bits per heavy atom. The van der Waals surface area contributed by atoms with Crippen molar-refractivity contribution in [3.63, 3.8) is 0 Å². The summed E-state index contributed by atoms with van der Waals surface area (Å²) in [6.45, 7) is 3.59. The Hall–Kier alpha value is -2.08. The molecule has 0 fully saturated rings. The highest BCUT2D eigenvalue weighted by molar-refractivity contribution is 5.88. The molecule has 0 radical (unpaired) electrons. The third-order valence-electron chi connectivity index (χ3n) is 2.34. The molecule has 1 rings (SSSR count). The number of hydrogen-bond acceptors (Lipinski definition) is 4. The van der Waals surface area contributed by atoms with Gasteiger partial charge in [-0.2, -0.15) is 0 Å². The summed E-state index contributed by atoms with van der Waals surface area (Å²) < 4.78 is 0. The molecule has 0 aliphatic rings. The Kier molecular flexibility index (Phi) is 4.67. The predicted octanol–water partition coefficient (Wildman–Crippen LogP) is 1.27. The smallest absolute Gasteiger partial charge is 0.335 e. The molecule has 0 atom stereocenters. The number of nitrogens with two attached hydrogens (primary N) is 1. The topological polar surface area (TPSA) is 92.9 Å². The van der Waals surface area contributed by atoms with E-state index in [0.29, 0.717) is 17.9 Å².